The molecule has 1 aromatic rings. The monoisotopic (exact) mass is 534 g/mol. The largest absolute Gasteiger partial charge is 0.459 e. The summed E-state index contributed by atoms with van der Waals surface area (Å²) in [5.41, 5.74) is -0.701. The lowest BCUT2D eigenvalue weighted by Gasteiger charge is -2.40. The summed E-state index contributed by atoms with van der Waals surface area (Å²) in [6, 6.07) is 7.93. The number of carbonyl (C=O) groups is 5. The van der Waals surface area contributed by atoms with Gasteiger partial charge in [0.1, 0.15) is 36.9 Å². The summed E-state index contributed by atoms with van der Waals surface area (Å²) in [5, 5.41) is 4.90. The van der Waals surface area contributed by atoms with Gasteiger partial charge in [0.2, 0.25) is 11.8 Å². The molecule has 1 unspecified atom stereocenters. The first-order chi connectivity index (χ1) is 17.6. The molecule has 1 atom stereocenters. The molecule has 1 aromatic carbocycles. The molecule has 0 spiro atoms. The fourth-order valence-corrected chi connectivity index (χ4v) is 3.54. The quantitative estimate of drug-likeness (QED) is 0.380. The van der Waals surface area contributed by atoms with Gasteiger partial charge in [-0.25, -0.2) is 9.59 Å². The van der Waals surface area contributed by atoms with Crippen molar-refractivity contribution in [3.63, 3.8) is 0 Å². The fourth-order valence-electron chi connectivity index (χ4n) is 3.54. The summed E-state index contributed by atoms with van der Waals surface area (Å²) in [7, 11) is 0. The SMILES string of the molecule is CC(C)(C)OC(=O)CN1CCN(C(=O)CNC(=O)OCc2ccccc2)C(CNC(=O)OC(C)(C)C)C1=O. The van der Waals surface area contributed by atoms with E-state index in [0.29, 0.717) is 0 Å². The number of carbonyl (C=O) groups excluding carboxylic acids is 5. The zero-order valence-electron chi connectivity index (χ0n) is 22.9. The van der Waals surface area contributed by atoms with E-state index in [4.69, 9.17) is 14.2 Å². The van der Waals surface area contributed by atoms with Gasteiger partial charge in [0, 0.05) is 13.1 Å². The Kier molecular flexibility index (Phi) is 10.5. The molecule has 1 aliphatic rings. The van der Waals surface area contributed by atoms with Gasteiger partial charge in [-0.3, -0.25) is 14.4 Å². The molecular formula is C26H38N4O8. The van der Waals surface area contributed by atoms with Gasteiger partial charge in [0.25, 0.3) is 0 Å². The first kappa shape index (κ1) is 30.4. The molecule has 1 aliphatic heterocycles. The number of piperazine rings is 1. The van der Waals surface area contributed by atoms with E-state index in [1.165, 1.54) is 9.80 Å². The van der Waals surface area contributed by atoms with Crippen molar-refractivity contribution >= 4 is 30.0 Å². The van der Waals surface area contributed by atoms with Crippen molar-refractivity contribution in [2.75, 3.05) is 32.7 Å². The number of ether oxygens (including phenoxy) is 3. The van der Waals surface area contributed by atoms with Crippen molar-refractivity contribution in [1.82, 2.24) is 20.4 Å². The van der Waals surface area contributed by atoms with Crippen LogP contribution in [0.5, 0.6) is 0 Å². The third-order valence-electron chi connectivity index (χ3n) is 5.08. The second-order valence-corrected chi connectivity index (χ2v) is 10.7. The van der Waals surface area contributed by atoms with E-state index in [0.717, 1.165) is 5.56 Å². The molecule has 0 radical (unpaired) electrons. The molecule has 2 rings (SSSR count). The maximum absolute atomic E-state index is 13.3. The highest BCUT2D eigenvalue weighted by Crippen LogP contribution is 2.14. The minimum absolute atomic E-state index is 0.0329. The van der Waals surface area contributed by atoms with Gasteiger partial charge in [-0.05, 0) is 47.1 Å². The normalized spacial score (nSPS) is 15.9. The summed E-state index contributed by atoms with van der Waals surface area (Å²) in [6.07, 6.45) is -1.55. The van der Waals surface area contributed by atoms with Crippen LogP contribution >= 0.6 is 0 Å². The first-order valence-corrected chi connectivity index (χ1v) is 12.4. The van der Waals surface area contributed by atoms with Crippen LogP contribution in [0, 0.1) is 0 Å². The second kappa shape index (κ2) is 13.1. The molecule has 12 heteroatoms. The van der Waals surface area contributed by atoms with E-state index < -0.39 is 53.8 Å². The molecular weight excluding hydrogens is 496 g/mol. The highest BCUT2D eigenvalue weighted by Gasteiger charge is 2.39. The van der Waals surface area contributed by atoms with Crippen LogP contribution in [0.15, 0.2) is 30.3 Å². The maximum Gasteiger partial charge on any atom is 0.407 e. The van der Waals surface area contributed by atoms with E-state index in [-0.39, 0.29) is 32.8 Å². The standard InChI is InChI=1S/C26H38N4O8/c1-25(2,3)37-21(32)16-29-12-13-30(19(22(29)33)14-27-24(35)38-26(4,5)6)20(31)15-28-23(34)36-17-18-10-8-7-9-11-18/h7-11,19H,12-17H2,1-6H3,(H,27,35)(H,28,34). The third-order valence-corrected chi connectivity index (χ3v) is 5.08. The predicted octanol–water partition coefficient (Wildman–Crippen LogP) is 1.82. The van der Waals surface area contributed by atoms with E-state index in [2.05, 4.69) is 10.6 Å². The van der Waals surface area contributed by atoms with Crippen molar-refractivity contribution in [2.24, 2.45) is 0 Å². The lowest BCUT2D eigenvalue weighted by molar-refractivity contribution is -0.162. The summed E-state index contributed by atoms with van der Waals surface area (Å²) in [6.45, 7) is 9.45. The summed E-state index contributed by atoms with van der Waals surface area (Å²) in [4.78, 5) is 65.3. The lowest BCUT2D eigenvalue weighted by Crippen LogP contribution is -2.63. The number of nitrogens with zero attached hydrogens (tertiary/aromatic N) is 2. The van der Waals surface area contributed by atoms with Gasteiger partial charge in [-0.1, -0.05) is 30.3 Å². The molecule has 0 aromatic heterocycles. The molecule has 1 fully saturated rings. The number of hydrogen-bond donors (Lipinski definition) is 2. The highest BCUT2D eigenvalue weighted by molar-refractivity contribution is 5.92. The molecule has 2 N–H and O–H groups in total. The number of esters is 1. The number of rotatable bonds is 8. The zero-order chi connectivity index (χ0) is 28.5. The lowest BCUT2D eigenvalue weighted by atomic mass is 10.1. The molecule has 12 nitrogen and oxygen atoms in total. The van der Waals surface area contributed by atoms with Gasteiger partial charge >= 0.3 is 18.2 Å². The van der Waals surface area contributed by atoms with Crippen molar-refractivity contribution in [3.05, 3.63) is 35.9 Å². The maximum atomic E-state index is 13.3. The van der Waals surface area contributed by atoms with Crippen LogP contribution in [0.1, 0.15) is 47.1 Å². The van der Waals surface area contributed by atoms with Crippen LogP contribution in [0.2, 0.25) is 0 Å². The van der Waals surface area contributed by atoms with Crippen LogP contribution in [-0.2, 0) is 35.2 Å². The number of amides is 4. The Hall–Kier alpha value is -3.83. The van der Waals surface area contributed by atoms with Gasteiger partial charge < -0.3 is 34.6 Å². The van der Waals surface area contributed by atoms with Crippen molar-refractivity contribution < 1.29 is 38.2 Å². The topological polar surface area (TPSA) is 144 Å². The van der Waals surface area contributed by atoms with Crippen molar-refractivity contribution in [2.45, 2.75) is 65.4 Å². The Morgan fingerprint density at radius 1 is 0.895 bits per heavy atom. The number of hydrogen-bond acceptors (Lipinski definition) is 8. The summed E-state index contributed by atoms with van der Waals surface area (Å²) in [5.74, 6) is -1.69. The Labute approximate surface area is 222 Å². The van der Waals surface area contributed by atoms with E-state index in [9.17, 15) is 24.0 Å². The van der Waals surface area contributed by atoms with Crippen LogP contribution < -0.4 is 10.6 Å². The third kappa shape index (κ3) is 10.7. The Morgan fingerprint density at radius 3 is 2.13 bits per heavy atom. The number of benzene rings is 1. The Bertz CT molecular complexity index is 1000. The molecule has 38 heavy (non-hydrogen) atoms. The molecule has 210 valence electrons. The van der Waals surface area contributed by atoms with Crippen LogP contribution in [0.4, 0.5) is 9.59 Å². The van der Waals surface area contributed by atoms with Gasteiger partial charge in [0.05, 0.1) is 6.54 Å². The van der Waals surface area contributed by atoms with E-state index >= 15 is 0 Å². The minimum Gasteiger partial charge on any atom is -0.459 e. The average molecular weight is 535 g/mol. The van der Waals surface area contributed by atoms with Gasteiger partial charge in [-0.2, -0.15) is 0 Å². The highest BCUT2D eigenvalue weighted by atomic mass is 16.6. The van der Waals surface area contributed by atoms with Gasteiger partial charge in [0.15, 0.2) is 0 Å². The molecule has 4 amide bonds. The van der Waals surface area contributed by atoms with Crippen LogP contribution in [-0.4, -0.2) is 89.7 Å². The van der Waals surface area contributed by atoms with Crippen molar-refractivity contribution in [3.8, 4) is 0 Å². The second-order valence-electron chi connectivity index (χ2n) is 10.7. The fraction of sp³-hybridized carbons (Fsp3) is 0.577. The van der Waals surface area contributed by atoms with Crippen molar-refractivity contribution in [1.29, 1.82) is 0 Å². The Morgan fingerprint density at radius 2 is 1.53 bits per heavy atom. The summed E-state index contributed by atoms with van der Waals surface area (Å²) >= 11 is 0. The van der Waals surface area contributed by atoms with Crippen LogP contribution in [0.25, 0.3) is 0 Å². The molecule has 0 saturated carbocycles. The number of alkyl carbamates (subject to hydrolysis) is 2. The zero-order valence-corrected chi connectivity index (χ0v) is 22.9. The smallest absolute Gasteiger partial charge is 0.407 e. The van der Waals surface area contributed by atoms with Crippen LogP contribution in [0.3, 0.4) is 0 Å². The van der Waals surface area contributed by atoms with E-state index in [1.807, 2.05) is 18.2 Å². The number of nitrogens with one attached hydrogen (secondary N) is 2. The molecule has 0 bridgehead atoms. The predicted molar refractivity (Wildman–Crippen MR) is 137 cm³/mol. The van der Waals surface area contributed by atoms with Gasteiger partial charge in [-0.15, -0.1) is 0 Å². The molecule has 0 aliphatic carbocycles. The first-order valence-electron chi connectivity index (χ1n) is 12.4. The minimum atomic E-state index is -1.12. The average Bonchev–Trinajstić information content (AvgIpc) is 2.80. The van der Waals surface area contributed by atoms with E-state index in [1.54, 1.807) is 53.7 Å². The Balaban J connectivity index is 2.02. The summed E-state index contributed by atoms with van der Waals surface area (Å²) < 4.78 is 15.6. The molecule has 1 saturated heterocycles. The molecule has 1 heterocycles.